The normalized spacial score (nSPS) is 12.2. The van der Waals surface area contributed by atoms with Gasteiger partial charge < -0.3 is 9.79 Å². The van der Waals surface area contributed by atoms with Crippen molar-refractivity contribution in [2.45, 2.75) is 13.1 Å². The van der Waals surface area contributed by atoms with Crippen LogP contribution in [0.4, 0.5) is 0 Å². The third kappa shape index (κ3) is 2.23. The Labute approximate surface area is 85.7 Å². The van der Waals surface area contributed by atoms with Crippen molar-refractivity contribution >= 4 is 13.2 Å². The topological polar surface area (TPSA) is 87.7 Å². The fraction of sp³-hybridized carbons (Fsp3) is 0.250. The van der Waals surface area contributed by atoms with E-state index >= 15 is 0 Å². The fourth-order valence-corrected chi connectivity index (χ4v) is 2.09. The maximum atomic E-state index is 10.9. The molecule has 0 aliphatic carbocycles. The number of nitrogens with zero attached hydrogens (tertiary/aromatic N) is 3. The summed E-state index contributed by atoms with van der Waals surface area (Å²) in [6, 6.07) is 3.31. The maximum Gasteiger partial charge on any atom is 0.331 e. The lowest BCUT2D eigenvalue weighted by atomic mass is 10.3. The van der Waals surface area contributed by atoms with Gasteiger partial charge in [-0.1, -0.05) is 0 Å². The molecule has 15 heavy (non-hydrogen) atoms. The smallest absolute Gasteiger partial charge is 0.324 e. The van der Waals surface area contributed by atoms with Gasteiger partial charge in [-0.3, -0.25) is 4.57 Å². The van der Waals surface area contributed by atoms with Crippen LogP contribution < -0.4 is 0 Å². The van der Waals surface area contributed by atoms with E-state index in [2.05, 4.69) is 10.1 Å². The maximum absolute atomic E-state index is 10.9. The third-order valence-corrected chi connectivity index (χ3v) is 2.67. The first kappa shape index (κ1) is 10.3. The van der Waals surface area contributed by atoms with E-state index in [0.717, 1.165) is 0 Å². The van der Waals surface area contributed by atoms with Gasteiger partial charge in [-0.05, 0) is 13.0 Å². The molecule has 0 aliphatic heterocycles. The molecular formula is C8H10N3O3P. The predicted octanol–water partition coefficient (Wildman–Crippen LogP) is 0.715. The summed E-state index contributed by atoms with van der Waals surface area (Å²) in [7, 11) is -4.08. The monoisotopic (exact) mass is 227 g/mol. The van der Waals surface area contributed by atoms with E-state index in [1.54, 1.807) is 25.3 Å². The van der Waals surface area contributed by atoms with Crippen molar-refractivity contribution in [2.24, 2.45) is 0 Å². The van der Waals surface area contributed by atoms with Gasteiger partial charge in [0.1, 0.15) is 0 Å². The number of aryl methyl sites for hydroxylation is 1. The summed E-state index contributed by atoms with van der Waals surface area (Å²) in [5.74, 6) is 0. The molecule has 2 aromatic heterocycles. The highest BCUT2D eigenvalue weighted by Gasteiger charge is 2.17. The molecule has 2 aromatic rings. The Morgan fingerprint density at radius 3 is 2.93 bits per heavy atom. The third-order valence-electron chi connectivity index (χ3n) is 1.93. The highest BCUT2D eigenvalue weighted by Crippen LogP contribution is 2.38. The zero-order valence-corrected chi connectivity index (χ0v) is 8.93. The minimum absolute atomic E-state index is 0.325. The molecule has 0 atom stereocenters. The van der Waals surface area contributed by atoms with Crippen molar-refractivity contribution in [3.63, 3.8) is 0 Å². The van der Waals surface area contributed by atoms with E-state index in [0.29, 0.717) is 17.0 Å². The number of hydrogen-bond acceptors (Lipinski definition) is 3. The average molecular weight is 227 g/mol. The molecule has 7 heteroatoms. The van der Waals surface area contributed by atoms with E-state index < -0.39 is 7.60 Å². The zero-order chi connectivity index (χ0) is 11.1. The number of aromatic nitrogens is 3. The van der Waals surface area contributed by atoms with Crippen LogP contribution in [0.3, 0.4) is 0 Å². The molecule has 0 amide bonds. The van der Waals surface area contributed by atoms with Crippen molar-refractivity contribution in [3.8, 4) is 0 Å². The van der Waals surface area contributed by atoms with E-state index in [1.165, 1.54) is 4.52 Å². The molecule has 0 aromatic carbocycles. The lowest BCUT2D eigenvalue weighted by molar-refractivity contribution is 0.370. The van der Waals surface area contributed by atoms with Crippen LogP contribution in [0.15, 0.2) is 18.3 Å². The van der Waals surface area contributed by atoms with Gasteiger partial charge in [0, 0.05) is 11.8 Å². The largest absolute Gasteiger partial charge is 0.331 e. The number of fused-ring (bicyclic) bond motifs is 1. The lowest BCUT2D eigenvalue weighted by Gasteiger charge is -2.07. The molecule has 0 saturated carbocycles. The average Bonchev–Trinajstić information content (AvgIpc) is 2.48. The highest BCUT2D eigenvalue weighted by atomic mass is 31.2. The van der Waals surface area contributed by atoms with Crippen LogP contribution in [0.1, 0.15) is 11.4 Å². The summed E-state index contributed by atoms with van der Waals surface area (Å²) in [5, 5.41) is 3.95. The van der Waals surface area contributed by atoms with Crippen LogP contribution in [-0.2, 0) is 10.7 Å². The first-order valence-corrected chi connectivity index (χ1v) is 6.10. The van der Waals surface area contributed by atoms with Crippen molar-refractivity contribution in [1.82, 2.24) is 14.6 Å². The molecule has 0 radical (unpaired) electrons. The van der Waals surface area contributed by atoms with Gasteiger partial charge in [-0.2, -0.15) is 5.10 Å². The summed E-state index contributed by atoms with van der Waals surface area (Å²) >= 11 is 0. The van der Waals surface area contributed by atoms with Gasteiger partial charge in [0.25, 0.3) is 0 Å². The van der Waals surface area contributed by atoms with E-state index in [4.69, 9.17) is 9.79 Å². The zero-order valence-electron chi connectivity index (χ0n) is 8.03. The molecule has 2 N–H and O–H groups in total. The standard InChI is InChI=1S/C8H10N3O3P/c1-6-4-7(5-15(12,13)14)11-8(10-6)2-3-9-11/h2-4H,5H2,1H3,(H2,12,13,14). The van der Waals surface area contributed by atoms with Crippen molar-refractivity contribution in [2.75, 3.05) is 0 Å². The highest BCUT2D eigenvalue weighted by molar-refractivity contribution is 7.50. The van der Waals surface area contributed by atoms with Gasteiger partial charge in [0.2, 0.25) is 0 Å². The van der Waals surface area contributed by atoms with Gasteiger partial charge >= 0.3 is 7.60 Å². The molecule has 0 aliphatic rings. The minimum atomic E-state index is -4.08. The van der Waals surface area contributed by atoms with Crippen LogP contribution >= 0.6 is 7.60 Å². The van der Waals surface area contributed by atoms with Crippen molar-refractivity contribution in [1.29, 1.82) is 0 Å². The second kappa shape index (κ2) is 3.41. The molecule has 2 heterocycles. The minimum Gasteiger partial charge on any atom is -0.324 e. The van der Waals surface area contributed by atoms with Crippen LogP contribution in [0.5, 0.6) is 0 Å². The molecular weight excluding hydrogens is 217 g/mol. The van der Waals surface area contributed by atoms with E-state index in [9.17, 15) is 4.57 Å². The summed E-state index contributed by atoms with van der Waals surface area (Å²) in [5.41, 5.74) is 1.78. The lowest BCUT2D eigenvalue weighted by Crippen LogP contribution is -2.02. The molecule has 0 bridgehead atoms. The van der Waals surface area contributed by atoms with Gasteiger partial charge in [-0.25, -0.2) is 9.50 Å². The van der Waals surface area contributed by atoms with E-state index in [-0.39, 0.29) is 6.16 Å². The van der Waals surface area contributed by atoms with Gasteiger partial charge in [-0.15, -0.1) is 0 Å². The first-order valence-electron chi connectivity index (χ1n) is 4.30. The van der Waals surface area contributed by atoms with Gasteiger partial charge in [0.05, 0.1) is 18.1 Å². The SMILES string of the molecule is Cc1cc(CP(=O)(O)O)n2nccc2n1. The second-order valence-electron chi connectivity index (χ2n) is 3.31. The molecule has 2 rings (SSSR count). The molecule has 6 nitrogen and oxygen atoms in total. The molecule has 80 valence electrons. The molecule has 0 saturated heterocycles. The Morgan fingerprint density at radius 1 is 1.53 bits per heavy atom. The molecule has 0 spiro atoms. The van der Waals surface area contributed by atoms with Gasteiger partial charge in [0.15, 0.2) is 5.65 Å². The Kier molecular flexibility index (Phi) is 2.34. The Hall–Kier alpha value is -1.23. The summed E-state index contributed by atoms with van der Waals surface area (Å²) in [4.78, 5) is 22.0. The molecule has 0 fully saturated rings. The number of hydrogen-bond donors (Lipinski definition) is 2. The summed E-state index contributed by atoms with van der Waals surface area (Å²) in [6.45, 7) is 1.77. The fourth-order valence-electron chi connectivity index (χ4n) is 1.44. The quantitative estimate of drug-likeness (QED) is 0.738. The predicted molar refractivity (Wildman–Crippen MR) is 53.5 cm³/mol. The van der Waals surface area contributed by atoms with Crippen molar-refractivity contribution in [3.05, 3.63) is 29.7 Å². The van der Waals surface area contributed by atoms with Crippen molar-refractivity contribution < 1.29 is 14.4 Å². The Bertz CT molecular complexity index is 545. The Balaban J connectivity index is 2.58. The van der Waals surface area contributed by atoms with Crippen LogP contribution in [0.2, 0.25) is 0 Å². The van der Waals surface area contributed by atoms with E-state index in [1.807, 2.05) is 0 Å². The Morgan fingerprint density at radius 2 is 2.27 bits per heavy atom. The number of rotatable bonds is 2. The van der Waals surface area contributed by atoms with Crippen LogP contribution in [-0.4, -0.2) is 24.4 Å². The van der Waals surface area contributed by atoms with Crippen LogP contribution in [0.25, 0.3) is 5.65 Å². The summed E-state index contributed by atoms with van der Waals surface area (Å²) in [6.07, 6.45) is 1.22. The van der Waals surface area contributed by atoms with Crippen LogP contribution in [0, 0.1) is 6.92 Å². The summed E-state index contributed by atoms with van der Waals surface area (Å²) < 4.78 is 12.3. The first-order chi connectivity index (χ1) is 6.96. The molecule has 0 unspecified atom stereocenters. The second-order valence-corrected chi connectivity index (χ2v) is 4.96.